The minimum atomic E-state index is -0.790. The first kappa shape index (κ1) is 18.2. The second-order valence-corrected chi connectivity index (χ2v) is 7.17. The zero-order valence-corrected chi connectivity index (χ0v) is 15.3. The fourth-order valence-corrected chi connectivity index (χ4v) is 3.73. The van der Waals surface area contributed by atoms with Crippen LogP contribution in [0.1, 0.15) is 28.3 Å². The van der Waals surface area contributed by atoms with Gasteiger partial charge in [0.05, 0.1) is 12.5 Å². The fourth-order valence-electron chi connectivity index (χ4n) is 2.91. The summed E-state index contributed by atoms with van der Waals surface area (Å²) in [4.78, 5) is 12.5. The number of carboxylic acids is 1. The van der Waals surface area contributed by atoms with Crippen molar-refractivity contribution in [2.75, 3.05) is 6.61 Å². The molecule has 0 spiro atoms. The molecule has 3 rings (SSSR count). The summed E-state index contributed by atoms with van der Waals surface area (Å²) in [5.74, 6) is -0.504. The lowest BCUT2D eigenvalue weighted by Crippen LogP contribution is -2.13. The van der Waals surface area contributed by atoms with Gasteiger partial charge in [-0.05, 0) is 54.0 Å². The highest BCUT2D eigenvalue weighted by atomic mass is 32.1. The van der Waals surface area contributed by atoms with Crippen LogP contribution in [0.2, 0.25) is 0 Å². The molecule has 4 heteroatoms. The molecule has 3 aromatic rings. The van der Waals surface area contributed by atoms with E-state index in [1.54, 1.807) is 0 Å². The normalized spacial score (nSPS) is 11.8. The number of benzene rings is 2. The molecule has 3 nitrogen and oxygen atoms in total. The van der Waals surface area contributed by atoms with Crippen LogP contribution >= 0.6 is 11.3 Å². The van der Waals surface area contributed by atoms with Gasteiger partial charge in [0.25, 0.3) is 0 Å². The maximum Gasteiger partial charge on any atom is 0.312 e. The van der Waals surface area contributed by atoms with Crippen LogP contribution in [0.4, 0.5) is 0 Å². The summed E-state index contributed by atoms with van der Waals surface area (Å²) < 4.78 is 5.86. The van der Waals surface area contributed by atoms with Crippen LogP contribution in [-0.2, 0) is 17.6 Å². The van der Waals surface area contributed by atoms with Gasteiger partial charge < -0.3 is 9.84 Å². The highest BCUT2D eigenvalue weighted by molar-refractivity contribution is 7.10. The van der Waals surface area contributed by atoms with Gasteiger partial charge >= 0.3 is 5.97 Å². The van der Waals surface area contributed by atoms with E-state index in [0.29, 0.717) is 13.0 Å². The predicted octanol–water partition coefficient (Wildman–Crippen LogP) is 5.17. The van der Waals surface area contributed by atoms with Gasteiger partial charge in [-0.15, -0.1) is 11.3 Å². The molecule has 0 bridgehead atoms. The minimum Gasteiger partial charge on any atom is -0.494 e. The Morgan fingerprint density at radius 3 is 2.54 bits per heavy atom. The number of hydrogen-bond acceptors (Lipinski definition) is 3. The van der Waals surface area contributed by atoms with Crippen molar-refractivity contribution >= 4 is 17.3 Å². The average molecular weight is 366 g/mol. The quantitative estimate of drug-likeness (QED) is 0.531. The summed E-state index contributed by atoms with van der Waals surface area (Å²) in [6, 6.07) is 21.9. The van der Waals surface area contributed by atoms with Gasteiger partial charge in [0.1, 0.15) is 5.75 Å². The smallest absolute Gasteiger partial charge is 0.312 e. The van der Waals surface area contributed by atoms with Crippen molar-refractivity contribution in [1.82, 2.24) is 0 Å². The third-order valence-electron chi connectivity index (χ3n) is 4.24. The van der Waals surface area contributed by atoms with E-state index in [1.165, 1.54) is 16.9 Å². The van der Waals surface area contributed by atoms with E-state index in [1.807, 2.05) is 60.0 Å². The van der Waals surface area contributed by atoms with Crippen molar-refractivity contribution in [2.45, 2.75) is 25.2 Å². The SMILES string of the molecule is O=C(O)C(Cc1cccc(OCCCc2ccccc2)c1)c1cccs1. The molecule has 26 heavy (non-hydrogen) atoms. The number of carbonyl (C=O) groups is 1. The van der Waals surface area contributed by atoms with E-state index in [-0.39, 0.29) is 0 Å². The molecule has 2 aromatic carbocycles. The molecule has 1 heterocycles. The first-order chi connectivity index (χ1) is 12.7. The molecule has 1 N–H and O–H groups in total. The van der Waals surface area contributed by atoms with Gasteiger partial charge in [-0.25, -0.2) is 0 Å². The number of carboxylic acid groups (broad SMARTS) is 1. The van der Waals surface area contributed by atoms with Crippen molar-refractivity contribution in [3.8, 4) is 5.75 Å². The topological polar surface area (TPSA) is 46.5 Å². The predicted molar refractivity (Wildman–Crippen MR) is 105 cm³/mol. The van der Waals surface area contributed by atoms with Crippen LogP contribution in [0.15, 0.2) is 72.1 Å². The third-order valence-corrected chi connectivity index (χ3v) is 5.23. The lowest BCUT2D eigenvalue weighted by molar-refractivity contribution is -0.138. The number of hydrogen-bond donors (Lipinski definition) is 1. The molecule has 0 aliphatic carbocycles. The number of ether oxygens (including phenoxy) is 1. The summed E-state index contributed by atoms with van der Waals surface area (Å²) in [6.07, 6.45) is 2.40. The summed E-state index contributed by atoms with van der Waals surface area (Å²) in [6.45, 7) is 0.644. The number of thiophene rings is 1. The van der Waals surface area contributed by atoms with E-state index < -0.39 is 11.9 Å². The Bertz CT molecular complexity index is 812. The van der Waals surface area contributed by atoms with E-state index in [4.69, 9.17) is 4.74 Å². The molecule has 1 aromatic heterocycles. The van der Waals surface area contributed by atoms with Gasteiger partial charge in [-0.3, -0.25) is 4.79 Å². The van der Waals surface area contributed by atoms with Crippen molar-refractivity contribution < 1.29 is 14.6 Å². The third kappa shape index (κ3) is 5.20. The van der Waals surface area contributed by atoms with Crippen molar-refractivity contribution in [1.29, 1.82) is 0 Å². The Morgan fingerprint density at radius 2 is 1.81 bits per heavy atom. The number of aryl methyl sites for hydroxylation is 1. The molecule has 0 aliphatic heterocycles. The van der Waals surface area contributed by atoms with Crippen molar-refractivity contribution in [3.63, 3.8) is 0 Å². The molecule has 0 aliphatic rings. The van der Waals surface area contributed by atoms with Gasteiger partial charge in [0.15, 0.2) is 0 Å². The maximum atomic E-state index is 11.6. The van der Waals surface area contributed by atoms with E-state index >= 15 is 0 Å². The van der Waals surface area contributed by atoms with Crippen LogP contribution in [0.3, 0.4) is 0 Å². The molecule has 0 amide bonds. The molecular weight excluding hydrogens is 344 g/mol. The average Bonchev–Trinajstić information content (AvgIpc) is 3.19. The molecule has 134 valence electrons. The Hall–Kier alpha value is -2.59. The molecule has 1 unspecified atom stereocenters. The van der Waals surface area contributed by atoms with Gasteiger partial charge in [-0.2, -0.15) is 0 Å². The van der Waals surface area contributed by atoms with E-state index in [0.717, 1.165) is 29.0 Å². The van der Waals surface area contributed by atoms with Crippen LogP contribution in [0.5, 0.6) is 5.75 Å². The van der Waals surface area contributed by atoms with Crippen molar-refractivity contribution in [3.05, 3.63) is 88.1 Å². The number of rotatable bonds is 9. The summed E-state index contributed by atoms with van der Waals surface area (Å²) in [7, 11) is 0. The Kier molecular flexibility index (Phi) is 6.45. The first-order valence-corrected chi connectivity index (χ1v) is 9.62. The summed E-state index contributed by atoms with van der Waals surface area (Å²) in [5.41, 5.74) is 2.29. The van der Waals surface area contributed by atoms with Crippen LogP contribution in [-0.4, -0.2) is 17.7 Å². The molecule has 0 fully saturated rings. The second-order valence-electron chi connectivity index (χ2n) is 6.20. The Balaban J connectivity index is 1.55. The lowest BCUT2D eigenvalue weighted by Gasteiger charge is -2.12. The summed E-state index contributed by atoms with van der Waals surface area (Å²) >= 11 is 1.49. The monoisotopic (exact) mass is 366 g/mol. The second kappa shape index (κ2) is 9.20. The molecule has 1 atom stereocenters. The van der Waals surface area contributed by atoms with Crippen LogP contribution in [0, 0.1) is 0 Å². The van der Waals surface area contributed by atoms with E-state index in [2.05, 4.69) is 12.1 Å². The van der Waals surface area contributed by atoms with E-state index in [9.17, 15) is 9.90 Å². The summed E-state index contributed by atoms with van der Waals surface area (Å²) in [5, 5.41) is 11.4. The molecular formula is C22H22O3S. The highest BCUT2D eigenvalue weighted by Crippen LogP contribution is 2.27. The van der Waals surface area contributed by atoms with Crippen LogP contribution < -0.4 is 4.74 Å². The van der Waals surface area contributed by atoms with Crippen molar-refractivity contribution in [2.24, 2.45) is 0 Å². The Morgan fingerprint density at radius 1 is 1.00 bits per heavy atom. The highest BCUT2D eigenvalue weighted by Gasteiger charge is 2.21. The zero-order chi connectivity index (χ0) is 18.2. The fraction of sp³-hybridized carbons (Fsp3) is 0.227. The largest absolute Gasteiger partial charge is 0.494 e. The first-order valence-electron chi connectivity index (χ1n) is 8.74. The number of aliphatic carboxylic acids is 1. The Labute approximate surface area is 157 Å². The van der Waals surface area contributed by atoms with Gasteiger partial charge in [0, 0.05) is 4.88 Å². The molecule has 0 saturated carbocycles. The minimum absolute atomic E-state index is 0.469. The zero-order valence-electron chi connectivity index (χ0n) is 14.5. The van der Waals surface area contributed by atoms with Gasteiger partial charge in [-0.1, -0.05) is 48.5 Å². The van der Waals surface area contributed by atoms with Crippen LogP contribution in [0.25, 0.3) is 0 Å². The molecule has 0 saturated heterocycles. The maximum absolute atomic E-state index is 11.6. The lowest BCUT2D eigenvalue weighted by atomic mass is 9.98. The van der Waals surface area contributed by atoms with Gasteiger partial charge in [0.2, 0.25) is 0 Å². The molecule has 0 radical (unpaired) electrons. The standard InChI is InChI=1S/C22H22O3S/c23-22(24)20(21-12-6-14-26-21)16-18-9-4-11-19(15-18)25-13-5-10-17-7-2-1-3-8-17/h1-4,6-9,11-12,14-15,20H,5,10,13,16H2,(H,23,24).